The van der Waals surface area contributed by atoms with Crippen LogP contribution in [0.5, 0.6) is 0 Å². The van der Waals surface area contributed by atoms with E-state index in [4.69, 9.17) is 0 Å². The lowest BCUT2D eigenvalue weighted by Crippen LogP contribution is -2.46. The van der Waals surface area contributed by atoms with Crippen LogP contribution < -0.4 is 5.32 Å². The van der Waals surface area contributed by atoms with E-state index in [0.29, 0.717) is 0 Å². The third kappa shape index (κ3) is 3.78. The zero-order chi connectivity index (χ0) is 9.07. The Balaban J connectivity index is 3.97. The highest BCUT2D eigenvalue weighted by Crippen LogP contribution is 2.06. The van der Waals surface area contributed by atoms with Crippen molar-refractivity contribution in [1.82, 2.24) is 5.32 Å². The molecule has 64 valence electrons. The van der Waals surface area contributed by atoms with Crippen LogP contribution in [0.4, 0.5) is 0 Å². The normalized spacial score (nSPS) is 13.8. The van der Waals surface area contributed by atoms with Crippen LogP contribution in [0.1, 0.15) is 20.8 Å². The van der Waals surface area contributed by atoms with Crippen molar-refractivity contribution in [3.63, 3.8) is 0 Å². The summed E-state index contributed by atoms with van der Waals surface area (Å²) in [6, 6.07) is -0.270. The van der Waals surface area contributed by atoms with Gasteiger partial charge in [0.1, 0.15) is 0 Å². The largest absolute Gasteiger partial charge is 0.388 e. The first-order valence-corrected chi connectivity index (χ1v) is 3.53. The fraction of sp³-hybridized carbons (Fsp3) is 0.625. The quantitative estimate of drug-likeness (QED) is 0.584. The van der Waals surface area contributed by atoms with Crippen molar-refractivity contribution in [3.05, 3.63) is 12.7 Å². The second-order valence-electron chi connectivity index (χ2n) is 3.09. The van der Waals surface area contributed by atoms with Crippen LogP contribution in [-0.4, -0.2) is 22.7 Å². The van der Waals surface area contributed by atoms with Gasteiger partial charge in [0.05, 0.1) is 11.6 Å². The maximum Gasteiger partial charge on any atom is 0.243 e. The maximum absolute atomic E-state index is 10.7. The average Bonchev–Trinajstić information content (AvgIpc) is 1.85. The number of carbonyl (C=O) groups excluding carboxylic acids is 1. The van der Waals surface area contributed by atoms with E-state index in [9.17, 15) is 9.90 Å². The van der Waals surface area contributed by atoms with E-state index < -0.39 is 5.60 Å². The minimum absolute atomic E-state index is 0.264. The van der Waals surface area contributed by atoms with Gasteiger partial charge in [-0.3, -0.25) is 4.79 Å². The SMILES string of the molecule is C=CC(=O)NC(C)C(C)(C)O. The van der Waals surface area contributed by atoms with E-state index in [1.165, 1.54) is 6.08 Å². The van der Waals surface area contributed by atoms with Gasteiger partial charge in [-0.15, -0.1) is 0 Å². The predicted molar refractivity (Wildman–Crippen MR) is 44.1 cm³/mol. The lowest BCUT2D eigenvalue weighted by molar-refractivity contribution is -0.118. The van der Waals surface area contributed by atoms with E-state index in [-0.39, 0.29) is 11.9 Å². The molecular formula is C8H15NO2. The third-order valence-electron chi connectivity index (χ3n) is 1.60. The van der Waals surface area contributed by atoms with E-state index in [2.05, 4.69) is 11.9 Å². The lowest BCUT2D eigenvalue weighted by atomic mass is 10.0. The van der Waals surface area contributed by atoms with Gasteiger partial charge in [0.2, 0.25) is 5.91 Å². The molecular weight excluding hydrogens is 142 g/mol. The first-order chi connectivity index (χ1) is 4.88. The van der Waals surface area contributed by atoms with Crippen LogP contribution in [0.15, 0.2) is 12.7 Å². The molecule has 1 unspecified atom stereocenters. The molecule has 0 saturated carbocycles. The monoisotopic (exact) mass is 157 g/mol. The second kappa shape index (κ2) is 3.53. The zero-order valence-corrected chi connectivity index (χ0v) is 7.22. The standard InChI is InChI=1S/C8H15NO2/c1-5-7(10)9-6(2)8(3,4)11/h5-6,11H,1H2,2-4H3,(H,9,10). The summed E-state index contributed by atoms with van der Waals surface area (Å²) in [4.78, 5) is 10.7. The Morgan fingerprint density at radius 2 is 2.18 bits per heavy atom. The maximum atomic E-state index is 10.7. The fourth-order valence-electron chi connectivity index (χ4n) is 0.449. The third-order valence-corrected chi connectivity index (χ3v) is 1.60. The van der Waals surface area contributed by atoms with Crippen molar-refractivity contribution in [2.24, 2.45) is 0 Å². The molecule has 0 fully saturated rings. The number of amides is 1. The van der Waals surface area contributed by atoms with Gasteiger partial charge >= 0.3 is 0 Å². The summed E-state index contributed by atoms with van der Waals surface area (Å²) in [6.07, 6.45) is 1.18. The van der Waals surface area contributed by atoms with Crippen molar-refractivity contribution in [1.29, 1.82) is 0 Å². The molecule has 0 aliphatic heterocycles. The molecule has 1 amide bonds. The molecule has 0 rings (SSSR count). The highest BCUT2D eigenvalue weighted by Gasteiger charge is 2.22. The summed E-state index contributed by atoms with van der Waals surface area (Å²) in [5.74, 6) is -0.264. The first kappa shape index (κ1) is 10.2. The van der Waals surface area contributed by atoms with Crippen LogP contribution in [0, 0.1) is 0 Å². The molecule has 0 spiro atoms. The van der Waals surface area contributed by atoms with Gasteiger partial charge in [-0.1, -0.05) is 6.58 Å². The van der Waals surface area contributed by atoms with Crippen molar-refractivity contribution in [2.45, 2.75) is 32.4 Å². The fourth-order valence-corrected chi connectivity index (χ4v) is 0.449. The van der Waals surface area contributed by atoms with Crippen LogP contribution in [0.3, 0.4) is 0 Å². The molecule has 0 heterocycles. The summed E-state index contributed by atoms with van der Waals surface area (Å²) in [5, 5.41) is 11.9. The number of rotatable bonds is 3. The van der Waals surface area contributed by atoms with Gasteiger partial charge in [0.15, 0.2) is 0 Å². The summed E-state index contributed by atoms with van der Waals surface area (Å²) in [5.41, 5.74) is -0.890. The second-order valence-corrected chi connectivity index (χ2v) is 3.09. The number of carbonyl (C=O) groups is 1. The molecule has 0 bridgehead atoms. The Bertz CT molecular complexity index is 158. The highest BCUT2D eigenvalue weighted by atomic mass is 16.3. The summed E-state index contributed by atoms with van der Waals surface area (Å²) < 4.78 is 0. The number of hydrogen-bond donors (Lipinski definition) is 2. The molecule has 0 aromatic rings. The zero-order valence-electron chi connectivity index (χ0n) is 7.22. The topological polar surface area (TPSA) is 49.3 Å². The van der Waals surface area contributed by atoms with Gasteiger partial charge in [-0.2, -0.15) is 0 Å². The van der Waals surface area contributed by atoms with Crippen molar-refractivity contribution in [2.75, 3.05) is 0 Å². The summed E-state index contributed by atoms with van der Waals surface area (Å²) in [7, 11) is 0. The van der Waals surface area contributed by atoms with Crippen LogP contribution in [-0.2, 0) is 4.79 Å². The molecule has 0 aliphatic rings. The molecule has 0 aromatic carbocycles. The van der Waals surface area contributed by atoms with Crippen LogP contribution in [0.2, 0.25) is 0 Å². The molecule has 2 N–H and O–H groups in total. The molecule has 3 nitrogen and oxygen atoms in total. The Morgan fingerprint density at radius 3 is 2.45 bits per heavy atom. The molecule has 0 aliphatic carbocycles. The Morgan fingerprint density at radius 1 is 1.73 bits per heavy atom. The molecule has 0 aromatic heterocycles. The van der Waals surface area contributed by atoms with Crippen molar-refractivity contribution in [3.8, 4) is 0 Å². The van der Waals surface area contributed by atoms with Gasteiger partial charge in [0, 0.05) is 0 Å². The van der Waals surface area contributed by atoms with Crippen LogP contribution in [0.25, 0.3) is 0 Å². The Labute approximate surface area is 67.1 Å². The average molecular weight is 157 g/mol. The Kier molecular flexibility index (Phi) is 3.26. The lowest BCUT2D eigenvalue weighted by Gasteiger charge is -2.25. The molecule has 11 heavy (non-hydrogen) atoms. The van der Waals surface area contributed by atoms with Crippen molar-refractivity contribution < 1.29 is 9.90 Å². The van der Waals surface area contributed by atoms with E-state index in [1.807, 2.05) is 0 Å². The van der Waals surface area contributed by atoms with Crippen molar-refractivity contribution >= 4 is 5.91 Å². The summed E-state index contributed by atoms with van der Waals surface area (Å²) in [6.45, 7) is 8.32. The highest BCUT2D eigenvalue weighted by molar-refractivity contribution is 5.87. The van der Waals surface area contributed by atoms with E-state index in [0.717, 1.165) is 0 Å². The molecule has 1 atom stereocenters. The minimum Gasteiger partial charge on any atom is -0.388 e. The van der Waals surface area contributed by atoms with Gasteiger partial charge in [-0.25, -0.2) is 0 Å². The van der Waals surface area contributed by atoms with E-state index >= 15 is 0 Å². The van der Waals surface area contributed by atoms with Crippen LogP contribution >= 0.6 is 0 Å². The molecule has 0 saturated heterocycles. The van der Waals surface area contributed by atoms with Gasteiger partial charge in [-0.05, 0) is 26.8 Å². The number of nitrogens with one attached hydrogen (secondary N) is 1. The summed E-state index contributed by atoms with van der Waals surface area (Å²) >= 11 is 0. The number of hydrogen-bond acceptors (Lipinski definition) is 2. The van der Waals surface area contributed by atoms with Gasteiger partial charge in [0.25, 0.3) is 0 Å². The molecule has 0 radical (unpaired) electrons. The van der Waals surface area contributed by atoms with Gasteiger partial charge < -0.3 is 10.4 Å². The first-order valence-electron chi connectivity index (χ1n) is 3.53. The molecule has 3 heteroatoms. The number of aliphatic hydroxyl groups is 1. The Hall–Kier alpha value is -0.830. The smallest absolute Gasteiger partial charge is 0.243 e. The van der Waals surface area contributed by atoms with E-state index in [1.54, 1.807) is 20.8 Å². The minimum atomic E-state index is -0.890. The predicted octanol–water partition coefficient (Wildman–Crippen LogP) is 0.448.